The molecular weight excluding hydrogens is 346 g/mol. The third-order valence-electron chi connectivity index (χ3n) is 2.62. The predicted octanol–water partition coefficient (Wildman–Crippen LogP) is 4.18. The number of sulfonamides is 1. The van der Waals surface area contributed by atoms with Crippen LogP contribution in [0, 0.1) is 6.92 Å². The maximum absolute atomic E-state index is 12.3. The molecule has 1 aromatic carbocycles. The van der Waals surface area contributed by atoms with E-state index >= 15 is 0 Å². The molecule has 1 heterocycles. The number of hydrogen-bond acceptors (Lipinski definition) is 3. The highest BCUT2D eigenvalue weighted by Crippen LogP contribution is 2.28. The zero-order valence-corrected chi connectivity index (χ0v) is 13.8. The molecule has 6 heteroatoms. The van der Waals surface area contributed by atoms with Gasteiger partial charge >= 0.3 is 0 Å². The fourth-order valence-electron chi connectivity index (χ4n) is 1.61. The summed E-state index contributed by atoms with van der Waals surface area (Å²) in [5.41, 5.74) is 1.56. The lowest BCUT2D eigenvalue weighted by molar-refractivity contribution is 0.603. The van der Waals surface area contributed by atoms with Crippen molar-refractivity contribution < 1.29 is 8.42 Å². The quantitative estimate of drug-likeness (QED) is 0.889. The Labute approximate surface area is 125 Å². The van der Waals surface area contributed by atoms with Crippen molar-refractivity contribution >= 4 is 43.0 Å². The first-order chi connectivity index (χ1) is 8.92. The monoisotopic (exact) mass is 359 g/mol. The van der Waals surface area contributed by atoms with Crippen LogP contribution >= 0.6 is 27.3 Å². The van der Waals surface area contributed by atoms with Gasteiger partial charge in [0.25, 0.3) is 10.0 Å². The summed E-state index contributed by atoms with van der Waals surface area (Å²) in [4.78, 5) is 1.06. The van der Waals surface area contributed by atoms with E-state index in [1.165, 1.54) is 11.3 Å². The average Bonchev–Trinajstić information content (AvgIpc) is 2.83. The molecule has 0 aliphatic carbocycles. The standard InChI is InChI=1S/C13H14BrNO2S2/c1-3-10-5-7-13(18-10)19(16,17)15-12-8-9(2)4-6-11(12)14/h4-8,15H,3H2,1-2H3. The molecule has 1 aromatic heterocycles. The number of hydrogen-bond donors (Lipinski definition) is 1. The van der Waals surface area contributed by atoms with Gasteiger partial charge in [-0.15, -0.1) is 11.3 Å². The van der Waals surface area contributed by atoms with E-state index in [2.05, 4.69) is 20.7 Å². The Morgan fingerprint density at radius 1 is 1.26 bits per heavy atom. The average molecular weight is 360 g/mol. The molecule has 0 saturated heterocycles. The van der Waals surface area contributed by atoms with Crippen molar-refractivity contribution in [2.75, 3.05) is 4.72 Å². The Kier molecular flexibility index (Phi) is 4.32. The Morgan fingerprint density at radius 3 is 2.63 bits per heavy atom. The summed E-state index contributed by atoms with van der Waals surface area (Å²) < 4.78 is 28.2. The van der Waals surface area contributed by atoms with Gasteiger partial charge in [0.2, 0.25) is 0 Å². The molecule has 0 bridgehead atoms. The Hall–Kier alpha value is -0.850. The van der Waals surface area contributed by atoms with Crippen LogP contribution in [-0.2, 0) is 16.4 Å². The van der Waals surface area contributed by atoms with E-state index in [-0.39, 0.29) is 0 Å². The van der Waals surface area contributed by atoms with Crippen molar-refractivity contribution in [3.63, 3.8) is 0 Å². The van der Waals surface area contributed by atoms with Gasteiger partial charge in [0.05, 0.1) is 5.69 Å². The minimum Gasteiger partial charge on any atom is -0.278 e. The molecule has 19 heavy (non-hydrogen) atoms. The number of nitrogens with one attached hydrogen (secondary N) is 1. The summed E-state index contributed by atoms with van der Waals surface area (Å²) in [5, 5.41) is 0. The Balaban J connectivity index is 2.33. The first-order valence-electron chi connectivity index (χ1n) is 5.80. The van der Waals surface area contributed by atoms with E-state index in [9.17, 15) is 8.42 Å². The van der Waals surface area contributed by atoms with Crippen LogP contribution in [0.15, 0.2) is 39.0 Å². The molecule has 0 radical (unpaired) electrons. The fraction of sp³-hybridized carbons (Fsp3) is 0.231. The number of rotatable bonds is 4. The van der Waals surface area contributed by atoms with E-state index in [1.807, 2.05) is 32.0 Å². The van der Waals surface area contributed by atoms with Crippen LogP contribution in [0.1, 0.15) is 17.4 Å². The lowest BCUT2D eigenvalue weighted by Crippen LogP contribution is -2.11. The van der Waals surface area contributed by atoms with Crippen LogP contribution in [0.25, 0.3) is 0 Å². The first kappa shape index (κ1) is 14.6. The molecule has 0 aliphatic heterocycles. The second-order valence-corrected chi connectivity index (χ2v) is 8.10. The number of thiophene rings is 1. The minimum atomic E-state index is -3.50. The smallest absolute Gasteiger partial charge is 0.271 e. The van der Waals surface area contributed by atoms with Crippen LogP contribution in [0.4, 0.5) is 5.69 Å². The molecule has 102 valence electrons. The van der Waals surface area contributed by atoms with Crippen LogP contribution in [0.2, 0.25) is 0 Å². The number of aryl methyl sites for hydroxylation is 2. The van der Waals surface area contributed by atoms with E-state index in [1.54, 1.807) is 12.1 Å². The van der Waals surface area contributed by atoms with E-state index in [0.29, 0.717) is 9.90 Å². The molecule has 0 aliphatic rings. The van der Waals surface area contributed by atoms with Gasteiger partial charge in [-0.1, -0.05) is 13.0 Å². The molecule has 0 atom stereocenters. The zero-order chi connectivity index (χ0) is 14.0. The topological polar surface area (TPSA) is 46.2 Å². The summed E-state index contributed by atoms with van der Waals surface area (Å²) >= 11 is 4.65. The van der Waals surface area contributed by atoms with Crippen molar-refractivity contribution in [3.8, 4) is 0 Å². The fourth-order valence-corrected chi connectivity index (χ4v) is 4.45. The highest BCUT2D eigenvalue weighted by atomic mass is 79.9. The maximum atomic E-state index is 12.3. The van der Waals surface area contributed by atoms with Crippen LogP contribution < -0.4 is 4.72 Å². The van der Waals surface area contributed by atoms with Gasteiger partial charge < -0.3 is 0 Å². The molecular formula is C13H14BrNO2S2. The largest absolute Gasteiger partial charge is 0.278 e. The molecule has 0 amide bonds. The summed E-state index contributed by atoms with van der Waals surface area (Å²) in [6.45, 7) is 3.93. The number of anilines is 1. The molecule has 0 saturated carbocycles. The normalized spacial score (nSPS) is 11.5. The lowest BCUT2D eigenvalue weighted by Gasteiger charge is -2.09. The molecule has 3 nitrogen and oxygen atoms in total. The first-order valence-corrected chi connectivity index (χ1v) is 8.89. The van der Waals surface area contributed by atoms with Crippen molar-refractivity contribution in [3.05, 3.63) is 45.2 Å². The van der Waals surface area contributed by atoms with Crippen LogP contribution in [0.3, 0.4) is 0 Å². The van der Waals surface area contributed by atoms with Gasteiger partial charge in [0.1, 0.15) is 4.21 Å². The van der Waals surface area contributed by atoms with Crippen molar-refractivity contribution in [2.24, 2.45) is 0 Å². The summed E-state index contributed by atoms with van der Waals surface area (Å²) in [6.07, 6.45) is 0.842. The second kappa shape index (κ2) is 5.64. The zero-order valence-electron chi connectivity index (χ0n) is 10.6. The highest BCUT2D eigenvalue weighted by molar-refractivity contribution is 9.10. The molecule has 2 rings (SSSR count). The molecule has 0 unspecified atom stereocenters. The molecule has 0 spiro atoms. The van der Waals surface area contributed by atoms with Gasteiger partial charge in [0, 0.05) is 9.35 Å². The number of halogens is 1. The Bertz CT molecular complexity index is 692. The van der Waals surface area contributed by atoms with Crippen LogP contribution in [-0.4, -0.2) is 8.42 Å². The van der Waals surface area contributed by atoms with E-state index in [0.717, 1.165) is 21.3 Å². The summed E-state index contributed by atoms with van der Waals surface area (Å²) in [7, 11) is -3.50. The van der Waals surface area contributed by atoms with Gasteiger partial charge in [0.15, 0.2) is 0 Å². The Morgan fingerprint density at radius 2 is 2.00 bits per heavy atom. The third kappa shape index (κ3) is 3.38. The second-order valence-electron chi connectivity index (χ2n) is 4.16. The predicted molar refractivity (Wildman–Crippen MR) is 83.4 cm³/mol. The minimum absolute atomic E-state index is 0.345. The van der Waals surface area contributed by atoms with E-state index in [4.69, 9.17) is 0 Å². The third-order valence-corrected chi connectivity index (χ3v) is 6.39. The van der Waals surface area contributed by atoms with Crippen molar-refractivity contribution in [1.82, 2.24) is 0 Å². The summed E-state index contributed by atoms with van der Waals surface area (Å²) in [6, 6.07) is 9.05. The van der Waals surface area contributed by atoms with Gasteiger partial charge in [-0.05, 0) is 59.1 Å². The van der Waals surface area contributed by atoms with Gasteiger partial charge in [-0.2, -0.15) is 0 Å². The highest BCUT2D eigenvalue weighted by Gasteiger charge is 2.17. The van der Waals surface area contributed by atoms with Gasteiger partial charge in [-0.25, -0.2) is 8.42 Å². The van der Waals surface area contributed by atoms with E-state index < -0.39 is 10.0 Å². The van der Waals surface area contributed by atoms with Crippen molar-refractivity contribution in [2.45, 2.75) is 24.5 Å². The van der Waals surface area contributed by atoms with Crippen LogP contribution in [0.5, 0.6) is 0 Å². The van der Waals surface area contributed by atoms with Gasteiger partial charge in [-0.3, -0.25) is 4.72 Å². The van der Waals surface area contributed by atoms with Crippen molar-refractivity contribution in [1.29, 1.82) is 0 Å². The molecule has 0 fully saturated rings. The SMILES string of the molecule is CCc1ccc(S(=O)(=O)Nc2cc(C)ccc2Br)s1. The summed E-state index contributed by atoms with van der Waals surface area (Å²) in [5.74, 6) is 0. The maximum Gasteiger partial charge on any atom is 0.271 e. The molecule has 1 N–H and O–H groups in total. The number of benzene rings is 1. The molecule has 2 aromatic rings. The lowest BCUT2D eigenvalue weighted by atomic mass is 10.2.